The van der Waals surface area contributed by atoms with E-state index in [1.807, 2.05) is 0 Å². The second-order valence-corrected chi connectivity index (χ2v) is 3.75. The average Bonchev–Trinajstić information content (AvgIpc) is 2.17. The fourth-order valence-electron chi connectivity index (χ4n) is 1.49. The van der Waals surface area contributed by atoms with Crippen molar-refractivity contribution in [3.63, 3.8) is 0 Å². The number of hydrogen-bond donors (Lipinski definition) is 1. The van der Waals surface area contributed by atoms with Crippen LogP contribution < -0.4 is 5.32 Å². The Labute approximate surface area is 102 Å². The maximum atomic E-state index is 12.5. The fourth-order valence-corrected chi connectivity index (χ4v) is 1.49. The van der Waals surface area contributed by atoms with Gasteiger partial charge in [-0.25, -0.2) is 0 Å². The lowest BCUT2D eigenvalue weighted by Crippen LogP contribution is -2.51. The Morgan fingerprint density at radius 1 is 1.06 bits per heavy atom. The summed E-state index contributed by atoms with van der Waals surface area (Å²) in [4.78, 5) is 0. The Kier molecular flexibility index (Phi) is 6.54. The van der Waals surface area contributed by atoms with Crippen LogP contribution in [0.1, 0.15) is 26.7 Å². The maximum Gasteiger partial charge on any atom is 0.402 e. The molecule has 1 N–H and O–H groups in total. The van der Waals surface area contributed by atoms with Gasteiger partial charge in [0, 0.05) is 12.5 Å². The van der Waals surface area contributed by atoms with Gasteiger partial charge in [0.05, 0.1) is 0 Å². The molecule has 0 heterocycles. The zero-order valence-electron chi connectivity index (χ0n) is 10.0. The summed E-state index contributed by atoms with van der Waals surface area (Å²) in [6.45, 7) is 3.11. The van der Waals surface area contributed by atoms with Gasteiger partial charge in [0.2, 0.25) is 0 Å². The molecule has 0 aromatic heterocycles. The predicted molar refractivity (Wildman–Crippen MR) is 55.7 cm³/mol. The van der Waals surface area contributed by atoms with Crippen LogP contribution in [0, 0.1) is 17.8 Å². The van der Waals surface area contributed by atoms with Crippen molar-refractivity contribution >= 4 is 0 Å². The largest absolute Gasteiger partial charge is 0.402 e. The summed E-state index contributed by atoms with van der Waals surface area (Å²) < 4.78 is 75.1. The van der Waals surface area contributed by atoms with E-state index in [-0.39, 0.29) is 6.54 Å². The molecule has 0 bridgehead atoms. The molecule has 0 fully saturated rings. The average molecular weight is 275 g/mol. The monoisotopic (exact) mass is 275 g/mol. The molecule has 0 aromatic carbocycles. The first-order valence-electron chi connectivity index (χ1n) is 5.41. The summed E-state index contributed by atoms with van der Waals surface area (Å²) in [5.74, 6) is 1.19. The molecule has 0 aliphatic heterocycles. The van der Waals surface area contributed by atoms with Crippen molar-refractivity contribution < 1.29 is 26.3 Å². The minimum atomic E-state index is -5.33. The van der Waals surface area contributed by atoms with E-state index in [2.05, 4.69) is 17.2 Å². The van der Waals surface area contributed by atoms with Crippen LogP contribution in [0.2, 0.25) is 0 Å². The summed E-state index contributed by atoms with van der Waals surface area (Å²) >= 11 is 0. The van der Waals surface area contributed by atoms with Crippen LogP contribution in [-0.4, -0.2) is 24.9 Å². The van der Waals surface area contributed by atoms with Crippen LogP contribution in [0.3, 0.4) is 0 Å². The Balaban J connectivity index is 5.11. The van der Waals surface area contributed by atoms with E-state index in [4.69, 9.17) is 0 Å². The summed E-state index contributed by atoms with van der Waals surface area (Å²) in [5.41, 5.74) is 0. The molecule has 18 heavy (non-hydrogen) atoms. The summed E-state index contributed by atoms with van der Waals surface area (Å²) in [5, 5.41) is 2.27. The van der Waals surface area contributed by atoms with E-state index >= 15 is 0 Å². The Hall–Kier alpha value is -0.900. The number of halogens is 6. The molecule has 0 aromatic rings. The lowest BCUT2D eigenvalue weighted by molar-refractivity contribution is -0.291. The highest BCUT2D eigenvalue weighted by Crippen LogP contribution is 2.42. The normalized spacial score (nSPS) is 14.3. The smallest absolute Gasteiger partial charge is 0.312 e. The molecule has 1 atom stereocenters. The number of hydrogen-bond acceptors (Lipinski definition) is 1. The van der Waals surface area contributed by atoms with Gasteiger partial charge < -0.3 is 5.32 Å². The van der Waals surface area contributed by atoms with Crippen LogP contribution in [0.5, 0.6) is 0 Å². The van der Waals surface area contributed by atoms with Gasteiger partial charge >= 0.3 is 12.4 Å². The van der Waals surface area contributed by atoms with E-state index in [1.165, 1.54) is 6.92 Å². The fraction of sp³-hybridized carbons (Fsp3) is 0.818. The molecular weight excluding hydrogens is 260 g/mol. The van der Waals surface area contributed by atoms with Gasteiger partial charge in [0.25, 0.3) is 0 Å². The summed E-state index contributed by atoms with van der Waals surface area (Å²) in [6.07, 6.45) is -10.7. The zero-order valence-corrected chi connectivity index (χ0v) is 10.0. The van der Waals surface area contributed by atoms with Gasteiger partial charge in [0.15, 0.2) is 5.92 Å². The van der Waals surface area contributed by atoms with Crippen molar-refractivity contribution in [2.45, 2.75) is 45.1 Å². The van der Waals surface area contributed by atoms with E-state index in [1.54, 1.807) is 6.92 Å². The molecule has 7 heteroatoms. The first-order valence-corrected chi connectivity index (χ1v) is 5.41. The van der Waals surface area contributed by atoms with Gasteiger partial charge in [0.1, 0.15) is 0 Å². The molecular formula is C11H15F6N. The lowest BCUT2D eigenvalue weighted by atomic mass is 9.95. The Morgan fingerprint density at radius 2 is 1.56 bits per heavy atom. The quantitative estimate of drug-likeness (QED) is 0.598. The second kappa shape index (κ2) is 6.88. The molecule has 1 unspecified atom stereocenters. The Bertz CT molecular complexity index is 281. The SMILES string of the molecule is CC#CCC(NCCC)C(C(F)(F)F)C(F)(F)F. The molecule has 0 saturated carbocycles. The van der Waals surface area contributed by atoms with E-state index in [9.17, 15) is 26.3 Å². The highest BCUT2D eigenvalue weighted by Gasteiger charge is 2.59. The van der Waals surface area contributed by atoms with E-state index in [0.29, 0.717) is 6.42 Å². The Morgan fingerprint density at radius 3 is 1.89 bits per heavy atom. The van der Waals surface area contributed by atoms with Crippen LogP contribution in [0.25, 0.3) is 0 Å². The van der Waals surface area contributed by atoms with Crippen molar-refractivity contribution in [2.75, 3.05) is 6.54 Å². The highest BCUT2D eigenvalue weighted by atomic mass is 19.4. The first kappa shape index (κ1) is 17.1. The topological polar surface area (TPSA) is 12.0 Å². The third kappa shape index (κ3) is 5.63. The second-order valence-electron chi connectivity index (χ2n) is 3.75. The minimum Gasteiger partial charge on any atom is -0.312 e. The molecule has 0 spiro atoms. The molecule has 0 aliphatic rings. The van der Waals surface area contributed by atoms with Gasteiger partial charge in [-0.15, -0.1) is 11.8 Å². The molecule has 0 amide bonds. The number of rotatable bonds is 5. The molecule has 0 aliphatic carbocycles. The summed E-state index contributed by atoms with van der Waals surface area (Å²) in [6, 6.07) is -1.77. The van der Waals surface area contributed by atoms with Crippen LogP contribution in [0.4, 0.5) is 26.3 Å². The van der Waals surface area contributed by atoms with Gasteiger partial charge in [-0.1, -0.05) is 6.92 Å². The predicted octanol–water partition coefficient (Wildman–Crippen LogP) is 3.51. The molecule has 0 saturated heterocycles. The van der Waals surface area contributed by atoms with E-state index < -0.39 is 30.7 Å². The summed E-state index contributed by atoms with van der Waals surface area (Å²) in [7, 11) is 0. The molecule has 1 nitrogen and oxygen atoms in total. The van der Waals surface area contributed by atoms with Crippen LogP contribution >= 0.6 is 0 Å². The number of nitrogens with one attached hydrogen (secondary N) is 1. The third-order valence-corrected chi connectivity index (χ3v) is 2.26. The molecule has 106 valence electrons. The van der Waals surface area contributed by atoms with Crippen molar-refractivity contribution in [1.29, 1.82) is 0 Å². The molecule has 0 rings (SSSR count). The first-order chi connectivity index (χ1) is 8.14. The van der Waals surface area contributed by atoms with Crippen LogP contribution in [-0.2, 0) is 0 Å². The number of alkyl halides is 6. The van der Waals surface area contributed by atoms with E-state index in [0.717, 1.165) is 0 Å². The molecule has 0 radical (unpaired) electrons. The zero-order chi connectivity index (χ0) is 14.4. The van der Waals surface area contributed by atoms with Crippen molar-refractivity contribution in [3.05, 3.63) is 0 Å². The van der Waals surface area contributed by atoms with Crippen LogP contribution in [0.15, 0.2) is 0 Å². The van der Waals surface area contributed by atoms with Gasteiger partial charge in [-0.05, 0) is 19.9 Å². The standard InChI is InChI=1S/C11H15F6N/c1-3-5-6-8(18-7-4-2)9(10(12,13)14)11(15,16)17/h8-9,18H,4,6-7H2,1-2H3. The third-order valence-electron chi connectivity index (χ3n) is 2.26. The lowest BCUT2D eigenvalue weighted by Gasteiger charge is -2.30. The minimum absolute atomic E-state index is 0.0821. The van der Waals surface area contributed by atoms with Crippen molar-refractivity contribution in [2.24, 2.45) is 5.92 Å². The maximum absolute atomic E-state index is 12.5. The highest BCUT2D eigenvalue weighted by molar-refractivity contribution is 5.01. The van der Waals surface area contributed by atoms with Crippen molar-refractivity contribution in [1.82, 2.24) is 5.32 Å². The van der Waals surface area contributed by atoms with Gasteiger partial charge in [-0.3, -0.25) is 0 Å². The van der Waals surface area contributed by atoms with Crippen molar-refractivity contribution in [3.8, 4) is 11.8 Å². The van der Waals surface area contributed by atoms with Gasteiger partial charge in [-0.2, -0.15) is 26.3 Å².